The van der Waals surface area contributed by atoms with E-state index in [2.05, 4.69) is 36.4 Å². The zero-order valence-electron chi connectivity index (χ0n) is 28.0. The molecule has 1 aromatic carbocycles. The summed E-state index contributed by atoms with van der Waals surface area (Å²) in [6.07, 6.45) is -3.42. The van der Waals surface area contributed by atoms with E-state index < -0.39 is 77.0 Å². The Morgan fingerprint density at radius 2 is 1.38 bits per heavy atom. The number of carboxylic acids is 1. The van der Waals surface area contributed by atoms with Crippen LogP contribution in [-0.4, -0.2) is 108 Å². The fraction of sp³-hybridized carbons (Fsp3) is 0.735. The van der Waals surface area contributed by atoms with Crippen LogP contribution < -0.4 is 0 Å². The lowest BCUT2D eigenvalue weighted by Crippen LogP contribution is -2.65. The molecule has 0 amide bonds. The summed E-state index contributed by atoms with van der Waals surface area (Å²) in [5, 5.41) is 10.3. The molecule has 266 valence electrons. The van der Waals surface area contributed by atoms with Gasteiger partial charge in [-0.25, -0.2) is 9.59 Å². The van der Waals surface area contributed by atoms with Crippen molar-refractivity contribution in [3.63, 3.8) is 0 Å². The highest BCUT2D eigenvalue weighted by Crippen LogP contribution is 2.36. The van der Waals surface area contributed by atoms with E-state index in [4.69, 9.17) is 37.9 Å². The van der Waals surface area contributed by atoms with E-state index in [0.29, 0.717) is 25.2 Å². The van der Waals surface area contributed by atoms with Crippen molar-refractivity contribution in [3.05, 3.63) is 35.9 Å². The van der Waals surface area contributed by atoms with Gasteiger partial charge in [-0.3, -0.25) is 4.79 Å². The van der Waals surface area contributed by atoms with E-state index in [0.717, 1.165) is 32.1 Å². The van der Waals surface area contributed by atoms with Gasteiger partial charge in [0.25, 0.3) is 0 Å². The highest BCUT2D eigenvalue weighted by Gasteiger charge is 2.54. The number of benzene rings is 1. The Kier molecular flexibility index (Phi) is 17.3. The fourth-order valence-electron chi connectivity index (χ4n) is 5.43. The Morgan fingerprint density at radius 1 is 0.809 bits per heavy atom. The van der Waals surface area contributed by atoms with Crippen molar-refractivity contribution in [1.82, 2.24) is 0 Å². The molecule has 2 aliphatic rings. The third-order valence-electron chi connectivity index (χ3n) is 8.01. The van der Waals surface area contributed by atoms with Gasteiger partial charge in [0.05, 0.1) is 15.6 Å². The summed E-state index contributed by atoms with van der Waals surface area (Å²) in [7, 11) is 0. The molecule has 1 aromatic rings. The van der Waals surface area contributed by atoms with Crippen molar-refractivity contribution < 1.29 is 57.4 Å². The minimum absolute atomic E-state index is 0.114. The Morgan fingerprint density at radius 3 is 1.94 bits per heavy atom. The summed E-state index contributed by atoms with van der Waals surface area (Å²) in [6.45, 7) is 10.2. The molecule has 47 heavy (non-hydrogen) atoms. The number of rotatable bonds is 19. The number of hydrogen-bond acceptors (Lipinski definition) is 11. The molecule has 10 atom stereocenters. The molecule has 0 radical (unpaired) electrons. The molecule has 1 N–H and O–H groups in total. The average molecular weight is 779 g/mol. The van der Waals surface area contributed by atoms with Crippen molar-refractivity contribution in [2.24, 2.45) is 0 Å². The molecular weight excluding hydrogens is 727 g/mol. The fourth-order valence-corrected chi connectivity index (χ4v) is 6.38. The first-order chi connectivity index (χ1) is 22.6. The maximum atomic E-state index is 13.2. The summed E-state index contributed by atoms with van der Waals surface area (Å²) in [5.74, 6) is -2.33. The van der Waals surface area contributed by atoms with Gasteiger partial charge in [0, 0.05) is 26.7 Å². The van der Waals surface area contributed by atoms with Crippen LogP contribution >= 0.6 is 22.6 Å². The van der Waals surface area contributed by atoms with Crippen LogP contribution in [0, 0.1) is 0 Å². The van der Waals surface area contributed by atoms with E-state index in [1.54, 1.807) is 37.3 Å². The van der Waals surface area contributed by atoms with Crippen molar-refractivity contribution in [2.45, 2.75) is 132 Å². The van der Waals surface area contributed by atoms with Crippen LogP contribution in [0.1, 0.15) is 83.5 Å². The van der Waals surface area contributed by atoms with Crippen molar-refractivity contribution in [2.75, 3.05) is 26.4 Å². The molecule has 0 aromatic heterocycles. The molecule has 2 aliphatic heterocycles. The van der Waals surface area contributed by atoms with Gasteiger partial charge in [-0.15, -0.1) is 0 Å². The molecule has 0 aliphatic carbocycles. The number of hydrogen-bond donors (Lipinski definition) is 1. The molecule has 13 heteroatoms. The highest BCUT2D eigenvalue weighted by atomic mass is 127. The zero-order chi connectivity index (χ0) is 34.3. The normalized spacial score (nSPS) is 30.9. The summed E-state index contributed by atoms with van der Waals surface area (Å²) in [6, 6.07) is 8.51. The van der Waals surface area contributed by atoms with Crippen LogP contribution in [0.2, 0.25) is 0 Å². The maximum Gasteiger partial charge on any atom is 0.338 e. The first-order valence-electron chi connectivity index (χ1n) is 16.7. The highest BCUT2D eigenvalue weighted by molar-refractivity contribution is 14.1. The van der Waals surface area contributed by atoms with Gasteiger partial charge >= 0.3 is 17.9 Å². The number of unbranched alkanes of at least 4 members (excludes halogenated alkanes) is 3. The smallest absolute Gasteiger partial charge is 0.338 e. The van der Waals surface area contributed by atoms with Crippen LogP contribution in [0.5, 0.6) is 0 Å². The van der Waals surface area contributed by atoms with E-state index in [9.17, 15) is 19.5 Å². The molecular formula is C34H51IO12. The van der Waals surface area contributed by atoms with Gasteiger partial charge in [-0.2, -0.15) is 0 Å². The van der Waals surface area contributed by atoms with E-state index in [1.165, 1.54) is 6.92 Å². The quantitative estimate of drug-likeness (QED) is 0.0862. The predicted octanol–water partition coefficient (Wildman–Crippen LogP) is 5.12. The van der Waals surface area contributed by atoms with Gasteiger partial charge in [-0.05, 0) is 38.3 Å². The SMILES string of the molecule is CCCCOC1[C@H](OCCCC)C(COC(C)=O)O[C@H](O[C@H]2C(C(=O)O)O[C@@H](C)[C@@H](OC(=O)c3ccccc3)C2OCCCC)[C@H]1I. The minimum Gasteiger partial charge on any atom is -0.479 e. The number of carboxylic acid groups (broad SMARTS) is 1. The molecule has 2 saturated heterocycles. The van der Waals surface area contributed by atoms with Crippen LogP contribution in [0.25, 0.3) is 0 Å². The Hall–Kier alpha value is -1.88. The van der Waals surface area contributed by atoms with E-state index >= 15 is 0 Å². The number of carbonyl (C=O) groups is 3. The molecule has 3 rings (SSSR count). The van der Waals surface area contributed by atoms with E-state index in [1.807, 2.05) is 6.92 Å². The lowest BCUT2D eigenvalue weighted by molar-refractivity contribution is -0.315. The third kappa shape index (κ3) is 11.6. The van der Waals surface area contributed by atoms with Crippen molar-refractivity contribution >= 4 is 40.5 Å². The Balaban J connectivity index is 1.97. The predicted molar refractivity (Wildman–Crippen MR) is 180 cm³/mol. The average Bonchev–Trinajstić information content (AvgIpc) is 3.05. The second-order valence-electron chi connectivity index (χ2n) is 11.8. The first-order valence-corrected chi connectivity index (χ1v) is 17.9. The number of carbonyl (C=O) groups excluding carboxylic acids is 2. The lowest BCUT2D eigenvalue weighted by atomic mass is 9.94. The van der Waals surface area contributed by atoms with E-state index in [-0.39, 0.29) is 13.2 Å². The molecule has 0 spiro atoms. The molecule has 0 bridgehead atoms. The molecule has 2 heterocycles. The largest absolute Gasteiger partial charge is 0.479 e. The van der Waals surface area contributed by atoms with Gasteiger partial charge in [0.1, 0.15) is 37.1 Å². The molecule has 2 fully saturated rings. The van der Waals surface area contributed by atoms with Crippen LogP contribution in [0.4, 0.5) is 0 Å². The third-order valence-corrected chi connectivity index (χ3v) is 9.30. The maximum absolute atomic E-state index is 13.2. The standard InChI is InChI=1S/C34H51IO12/c1-6-9-17-40-27-24(20-43-22(5)36)45-34(25(35)28(27)41-18-10-7-2)47-30-29(42-19-11-8-3)26(21(4)44-31(30)32(37)38)46-33(39)23-15-13-12-14-16-23/h12-16,21,24-31,34H,6-11,17-20H2,1-5H3,(H,37,38)/t21-,24?,25-,26+,27+,28?,29?,30+,31?,34+/m0/s1. The van der Waals surface area contributed by atoms with Gasteiger partial charge < -0.3 is 43.0 Å². The summed E-state index contributed by atoms with van der Waals surface area (Å²) in [5.41, 5.74) is 0.335. The summed E-state index contributed by atoms with van der Waals surface area (Å²) < 4.78 is 48.7. The number of halogens is 1. The number of alkyl halides is 1. The topological polar surface area (TPSA) is 145 Å². The summed E-state index contributed by atoms with van der Waals surface area (Å²) in [4.78, 5) is 37.6. The monoisotopic (exact) mass is 778 g/mol. The molecule has 12 nitrogen and oxygen atoms in total. The van der Waals surface area contributed by atoms with Gasteiger partial charge in [-0.1, -0.05) is 80.8 Å². The zero-order valence-corrected chi connectivity index (χ0v) is 30.2. The summed E-state index contributed by atoms with van der Waals surface area (Å²) >= 11 is 2.18. The van der Waals surface area contributed by atoms with Crippen LogP contribution in [0.15, 0.2) is 30.3 Å². The van der Waals surface area contributed by atoms with Gasteiger partial charge in [0.15, 0.2) is 18.5 Å². The number of ether oxygens (including phenoxy) is 8. The van der Waals surface area contributed by atoms with Crippen molar-refractivity contribution in [3.8, 4) is 0 Å². The number of esters is 2. The first kappa shape index (κ1) is 39.6. The Bertz CT molecular complexity index is 1090. The minimum atomic E-state index is -1.46. The second kappa shape index (κ2) is 20.6. The molecule has 0 saturated carbocycles. The second-order valence-corrected chi connectivity index (χ2v) is 13.2. The molecule has 4 unspecified atom stereocenters. The number of aliphatic carboxylic acids is 1. The van der Waals surface area contributed by atoms with Crippen molar-refractivity contribution in [1.29, 1.82) is 0 Å². The van der Waals surface area contributed by atoms with Crippen LogP contribution in [0.3, 0.4) is 0 Å². The van der Waals surface area contributed by atoms with Gasteiger partial charge in [0.2, 0.25) is 0 Å². The van der Waals surface area contributed by atoms with Crippen LogP contribution in [-0.2, 0) is 47.5 Å². The Labute approximate surface area is 291 Å². The lowest BCUT2D eigenvalue weighted by Gasteiger charge is -2.48.